The van der Waals surface area contributed by atoms with Crippen LogP contribution in [0.4, 0.5) is 0 Å². The number of aliphatic hydroxyl groups is 1. The first-order valence-corrected chi connectivity index (χ1v) is 21.2. The molecule has 0 spiro atoms. The van der Waals surface area contributed by atoms with Crippen molar-refractivity contribution in [3.63, 3.8) is 0 Å². The SMILES string of the molecule is CCC(CC)C(=O)/C=C(\O)C(CC)CC.Cc1ccc2c(C(C)C)cc(-c3ncnc4c3sc3cc([Si](C)(C)C)ccc34)[c-]c2c1.[Ir]. The smallest absolute Gasteiger partial charge is 0.162 e. The van der Waals surface area contributed by atoms with Gasteiger partial charge >= 0.3 is 0 Å². The third-order valence-electron chi connectivity index (χ3n) is 9.13. The third kappa shape index (κ3) is 8.86. The molecule has 0 saturated carbocycles. The number of fused-ring (bicyclic) bond motifs is 4. The van der Waals surface area contributed by atoms with E-state index in [0.717, 1.165) is 52.5 Å². The first-order chi connectivity index (χ1) is 21.8. The van der Waals surface area contributed by atoms with Gasteiger partial charge < -0.3 is 5.11 Å². The van der Waals surface area contributed by atoms with Crippen molar-refractivity contribution < 1.29 is 30.0 Å². The molecule has 0 fully saturated rings. The summed E-state index contributed by atoms with van der Waals surface area (Å²) in [5, 5.41) is 14.9. The summed E-state index contributed by atoms with van der Waals surface area (Å²) in [6.45, 7) is 21.9. The molecule has 253 valence electrons. The molecule has 47 heavy (non-hydrogen) atoms. The molecule has 0 atom stereocenters. The molecule has 0 saturated heterocycles. The molecule has 2 aromatic heterocycles. The Bertz CT molecular complexity index is 1860. The second-order valence-corrected chi connectivity index (χ2v) is 19.9. The number of allylic oxidation sites excluding steroid dienone is 2. The van der Waals surface area contributed by atoms with Crippen LogP contribution in [0, 0.1) is 24.8 Å². The Kier molecular flexibility index (Phi) is 13.7. The average molecular weight is 844 g/mol. The van der Waals surface area contributed by atoms with E-state index in [2.05, 4.69) is 93.9 Å². The summed E-state index contributed by atoms with van der Waals surface area (Å²) in [5.74, 6) is 0.976. The molecule has 0 unspecified atom stereocenters. The molecule has 3 aromatic carbocycles. The number of hydrogen-bond acceptors (Lipinski definition) is 5. The number of aromatic nitrogens is 2. The van der Waals surface area contributed by atoms with Crippen LogP contribution in [0.25, 0.3) is 42.3 Å². The number of hydrogen-bond donors (Lipinski definition) is 1. The number of thiophene rings is 1. The first-order valence-electron chi connectivity index (χ1n) is 16.9. The molecule has 5 rings (SSSR count). The van der Waals surface area contributed by atoms with Gasteiger partial charge in [-0.3, -0.25) is 9.78 Å². The zero-order valence-corrected chi connectivity index (χ0v) is 34.0. The number of benzene rings is 3. The van der Waals surface area contributed by atoms with E-state index in [0.29, 0.717) is 5.92 Å². The molecule has 0 bridgehead atoms. The molecule has 0 amide bonds. The minimum atomic E-state index is -1.37. The minimum Gasteiger partial charge on any atom is -0.512 e. The quantitative estimate of drug-likeness (QED) is 0.0658. The number of aliphatic hydroxyl groups excluding tert-OH is 1. The molecule has 1 radical (unpaired) electrons. The average Bonchev–Trinajstić information content (AvgIpc) is 3.39. The minimum absolute atomic E-state index is 0. The molecular formula is C40H51IrN2O2SSi-. The van der Waals surface area contributed by atoms with Crippen molar-refractivity contribution in [2.75, 3.05) is 0 Å². The summed E-state index contributed by atoms with van der Waals surface area (Å²) in [5.41, 5.74) is 5.70. The molecule has 1 N–H and O–H groups in total. The van der Waals surface area contributed by atoms with Gasteiger partial charge in [-0.05, 0) is 44.6 Å². The number of carbonyl (C=O) groups is 1. The van der Waals surface area contributed by atoms with Crippen LogP contribution in [-0.4, -0.2) is 28.9 Å². The summed E-state index contributed by atoms with van der Waals surface area (Å²) in [6.07, 6.45) is 6.61. The standard InChI is InChI=1S/C27H27N2SSi.C13H24O2.Ir/c1-16(2)23-13-19(12-18-11-17(3)7-9-21(18)23)25-27-26(29-15-28-25)22-10-8-20(31(4,5)6)14-24(22)30-27;1-5-10(6-2)12(14)9-13(15)11(7-3)8-4;/h7-11,13-16H,1-6H3;9-11,14H,5-8H2,1-4H3;/q-1;;/b;12-9-;. The monoisotopic (exact) mass is 844 g/mol. The van der Waals surface area contributed by atoms with E-state index in [1.807, 2.05) is 39.0 Å². The molecular weight excluding hydrogens is 793 g/mol. The predicted octanol–water partition coefficient (Wildman–Crippen LogP) is 11.3. The van der Waals surface area contributed by atoms with E-state index in [9.17, 15) is 9.90 Å². The van der Waals surface area contributed by atoms with Crippen LogP contribution in [0.5, 0.6) is 0 Å². The third-order valence-corrected chi connectivity index (χ3v) is 12.3. The van der Waals surface area contributed by atoms with E-state index in [1.165, 1.54) is 37.9 Å². The number of aryl methyl sites for hydroxylation is 1. The van der Waals surface area contributed by atoms with Gasteiger partial charge in [0.2, 0.25) is 0 Å². The van der Waals surface area contributed by atoms with Gasteiger partial charge in [0.25, 0.3) is 0 Å². The van der Waals surface area contributed by atoms with E-state index in [-0.39, 0.29) is 43.5 Å². The fraction of sp³-hybridized carbons (Fsp3) is 0.425. The predicted molar refractivity (Wildman–Crippen MR) is 202 cm³/mol. The van der Waals surface area contributed by atoms with Crippen LogP contribution in [0.1, 0.15) is 84.3 Å². The van der Waals surface area contributed by atoms with Gasteiger partial charge in [-0.2, -0.15) is 0 Å². The molecule has 0 aliphatic heterocycles. The van der Waals surface area contributed by atoms with Gasteiger partial charge in [-0.15, -0.1) is 40.5 Å². The fourth-order valence-corrected chi connectivity index (χ4v) is 8.51. The van der Waals surface area contributed by atoms with Gasteiger partial charge in [-0.25, -0.2) is 4.98 Å². The number of carbonyl (C=O) groups excluding carboxylic acids is 1. The summed E-state index contributed by atoms with van der Waals surface area (Å²) in [4.78, 5) is 21.1. The summed E-state index contributed by atoms with van der Waals surface area (Å²) >= 11 is 1.81. The Labute approximate surface area is 300 Å². The Balaban J connectivity index is 0.000000322. The Morgan fingerprint density at radius 3 is 2.15 bits per heavy atom. The summed E-state index contributed by atoms with van der Waals surface area (Å²) in [7, 11) is -1.37. The van der Waals surface area contributed by atoms with E-state index in [4.69, 9.17) is 4.98 Å². The number of rotatable bonds is 10. The Morgan fingerprint density at radius 2 is 1.55 bits per heavy atom. The van der Waals surface area contributed by atoms with Crippen molar-refractivity contribution in [1.82, 2.24) is 9.97 Å². The second kappa shape index (κ2) is 16.6. The van der Waals surface area contributed by atoms with Crippen LogP contribution in [0.3, 0.4) is 0 Å². The van der Waals surface area contributed by atoms with Crippen molar-refractivity contribution in [2.24, 2.45) is 11.8 Å². The zero-order valence-electron chi connectivity index (χ0n) is 29.7. The normalized spacial score (nSPS) is 12.2. The van der Waals surface area contributed by atoms with Crippen LogP contribution in [-0.2, 0) is 24.9 Å². The molecule has 0 aliphatic rings. The van der Waals surface area contributed by atoms with Crippen molar-refractivity contribution in [3.8, 4) is 11.3 Å². The maximum absolute atomic E-state index is 11.7. The Morgan fingerprint density at radius 1 is 0.915 bits per heavy atom. The summed E-state index contributed by atoms with van der Waals surface area (Å²) in [6, 6.07) is 19.5. The Hall–Kier alpha value is -2.70. The molecule has 2 heterocycles. The maximum atomic E-state index is 11.7. The molecule has 5 aromatic rings. The number of nitrogens with zero attached hydrogens (tertiary/aromatic N) is 2. The van der Waals surface area contributed by atoms with E-state index in [1.54, 1.807) is 6.33 Å². The van der Waals surface area contributed by atoms with Crippen LogP contribution in [0.15, 0.2) is 60.6 Å². The largest absolute Gasteiger partial charge is 0.512 e. The van der Waals surface area contributed by atoms with E-state index >= 15 is 0 Å². The van der Waals surface area contributed by atoms with E-state index < -0.39 is 8.07 Å². The molecule has 4 nitrogen and oxygen atoms in total. The van der Waals surface area contributed by atoms with Gasteiger partial charge in [0, 0.05) is 58.5 Å². The molecule has 0 aliphatic carbocycles. The first kappa shape index (κ1) is 38.7. The zero-order chi connectivity index (χ0) is 33.8. The van der Waals surface area contributed by atoms with Crippen molar-refractivity contribution in [3.05, 3.63) is 77.8 Å². The van der Waals surface area contributed by atoms with Gasteiger partial charge in [0.05, 0.1) is 19.3 Å². The maximum Gasteiger partial charge on any atom is 0.162 e. The van der Waals surface area contributed by atoms with Crippen LogP contribution < -0.4 is 5.19 Å². The van der Waals surface area contributed by atoms with Crippen molar-refractivity contribution in [1.29, 1.82) is 0 Å². The molecule has 7 heteroatoms. The van der Waals surface area contributed by atoms with Gasteiger partial charge in [0.1, 0.15) is 6.33 Å². The van der Waals surface area contributed by atoms with Gasteiger partial charge in [0.15, 0.2) is 5.78 Å². The fourth-order valence-electron chi connectivity index (χ4n) is 6.05. The van der Waals surface area contributed by atoms with Crippen molar-refractivity contribution in [2.45, 2.75) is 99.7 Å². The second-order valence-electron chi connectivity index (χ2n) is 13.8. The van der Waals surface area contributed by atoms with Gasteiger partial charge in [-0.1, -0.05) is 107 Å². The summed E-state index contributed by atoms with van der Waals surface area (Å²) < 4.78 is 2.46. The van der Waals surface area contributed by atoms with Crippen molar-refractivity contribution >= 4 is 61.5 Å². The topological polar surface area (TPSA) is 63.1 Å². The van der Waals surface area contributed by atoms with Crippen LogP contribution in [0.2, 0.25) is 19.6 Å². The number of ketones is 1. The van der Waals surface area contributed by atoms with Crippen LogP contribution >= 0.6 is 11.3 Å².